The second-order valence-electron chi connectivity index (χ2n) is 10.5. The summed E-state index contributed by atoms with van der Waals surface area (Å²) >= 11 is 0. The zero-order valence-corrected chi connectivity index (χ0v) is 24.5. The van der Waals surface area contributed by atoms with Gasteiger partial charge in [0, 0.05) is 11.1 Å². The Morgan fingerprint density at radius 3 is 1.12 bits per heavy atom. The van der Waals surface area contributed by atoms with E-state index in [9.17, 15) is 9.59 Å². The van der Waals surface area contributed by atoms with Crippen molar-refractivity contribution in [1.29, 1.82) is 0 Å². The summed E-state index contributed by atoms with van der Waals surface area (Å²) in [7, 11) is 0. The van der Waals surface area contributed by atoms with Gasteiger partial charge in [0.25, 0.3) is 0 Å². The van der Waals surface area contributed by atoms with Gasteiger partial charge in [-0.15, -0.1) is 0 Å². The standard InChI is InChI=1S/C34H40O6/c1-21(2)33(35)39-25(7)23(5)37-31-17-13-29(14-18-31)27-9-11-28(12-10-27)30-15-19-32(20-16-30)38-24(6)26(8)40-34(36)22(3)4/h13-20,27-28H,1,3,9-12H2,2,4-8H3/b25-23+,26-24+. The number of carbonyl (C=O) groups excluding carboxylic acids is 2. The maximum Gasteiger partial charge on any atom is 0.338 e. The molecule has 0 aliphatic heterocycles. The van der Waals surface area contributed by atoms with Crippen LogP contribution in [0.1, 0.15) is 90.2 Å². The van der Waals surface area contributed by atoms with Crippen LogP contribution in [0.15, 0.2) is 95.9 Å². The molecular weight excluding hydrogens is 504 g/mol. The Hall–Kier alpha value is -4.06. The molecule has 2 aromatic carbocycles. The van der Waals surface area contributed by atoms with Gasteiger partial charge in [-0.1, -0.05) is 37.4 Å². The number of carbonyl (C=O) groups is 2. The third kappa shape index (κ3) is 8.47. The van der Waals surface area contributed by atoms with Crippen molar-refractivity contribution in [2.75, 3.05) is 0 Å². The van der Waals surface area contributed by atoms with Crippen LogP contribution < -0.4 is 9.47 Å². The summed E-state index contributed by atoms with van der Waals surface area (Å²) in [6.07, 6.45) is 4.47. The van der Waals surface area contributed by atoms with Gasteiger partial charge in [-0.25, -0.2) is 9.59 Å². The van der Waals surface area contributed by atoms with E-state index in [1.165, 1.54) is 11.1 Å². The molecule has 0 saturated heterocycles. The van der Waals surface area contributed by atoms with Gasteiger partial charge in [-0.2, -0.15) is 0 Å². The molecule has 0 N–H and O–H groups in total. The minimum absolute atomic E-state index is 0.343. The van der Waals surface area contributed by atoms with Crippen LogP contribution in [0.25, 0.3) is 0 Å². The van der Waals surface area contributed by atoms with E-state index in [1.807, 2.05) is 24.3 Å². The maximum absolute atomic E-state index is 11.7. The third-order valence-corrected chi connectivity index (χ3v) is 7.15. The van der Waals surface area contributed by atoms with Gasteiger partial charge in [-0.05, 0) is 114 Å². The fourth-order valence-corrected chi connectivity index (χ4v) is 4.47. The van der Waals surface area contributed by atoms with E-state index in [-0.39, 0.29) is 0 Å². The van der Waals surface area contributed by atoms with Crippen LogP contribution in [0.4, 0.5) is 0 Å². The molecular formula is C34H40O6. The van der Waals surface area contributed by atoms with Crippen LogP contribution in [0.3, 0.4) is 0 Å². The summed E-state index contributed by atoms with van der Waals surface area (Å²) < 4.78 is 22.3. The molecule has 0 radical (unpaired) electrons. The van der Waals surface area contributed by atoms with Gasteiger partial charge in [0.1, 0.15) is 34.5 Å². The number of allylic oxidation sites excluding steroid dienone is 4. The minimum atomic E-state index is -0.461. The van der Waals surface area contributed by atoms with Crippen LogP contribution in [0.5, 0.6) is 11.5 Å². The third-order valence-electron chi connectivity index (χ3n) is 7.15. The Bertz CT molecular complexity index is 1200. The first-order valence-electron chi connectivity index (χ1n) is 13.6. The molecule has 212 valence electrons. The molecule has 3 rings (SSSR count). The van der Waals surface area contributed by atoms with E-state index >= 15 is 0 Å². The average molecular weight is 545 g/mol. The lowest BCUT2D eigenvalue weighted by molar-refractivity contribution is -0.136. The Kier molecular flexibility index (Phi) is 10.5. The van der Waals surface area contributed by atoms with Crippen LogP contribution in [-0.4, -0.2) is 11.9 Å². The van der Waals surface area contributed by atoms with Crippen molar-refractivity contribution in [3.8, 4) is 11.5 Å². The lowest BCUT2D eigenvalue weighted by Gasteiger charge is -2.29. The summed E-state index contributed by atoms with van der Waals surface area (Å²) in [5.41, 5.74) is 3.31. The molecule has 1 fully saturated rings. The van der Waals surface area contributed by atoms with Crippen molar-refractivity contribution in [2.45, 2.75) is 79.1 Å². The first-order chi connectivity index (χ1) is 18.9. The highest BCUT2D eigenvalue weighted by atomic mass is 16.6. The first-order valence-corrected chi connectivity index (χ1v) is 13.6. The fourth-order valence-electron chi connectivity index (χ4n) is 4.47. The highest BCUT2D eigenvalue weighted by Gasteiger charge is 2.23. The minimum Gasteiger partial charge on any atom is -0.459 e. The molecule has 0 unspecified atom stereocenters. The molecule has 0 heterocycles. The van der Waals surface area contributed by atoms with Crippen LogP contribution in [0.2, 0.25) is 0 Å². The van der Waals surface area contributed by atoms with Gasteiger partial charge in [0.05, 0.1) is 0 Å². The summed E-state index contributed by atoms with van der Waals surface area (Å²) in [5, 5.41) is 0. The Morgan fingerprint density at radius 1 is 0.550 bits per heavy atom. The number of ether oxygens (including phenoxy) is 4. The lowest BCUT2D eigenvalue weighted by Crippen LogP contribution is -2.12. The van der Waals surface area contributed by atoms with Crippen molar-refractivity contribution in [1.82, 2.24) is 0 Å². The molecule has 1 aliphatic rings. The SMILES string of the molecule is C=C(C)C(=O)O/C(C)=C(\C)Oc1ccc(C2CCC(c3ccc(O/C(C)=C(\C)OC(=O)C(=C)C)cc3)CC2)cc1. The molecule has 0 bridgehead atoms. The monoisotopic (exact) mass is 544 g/mol. The fraction of sp³-hybridized carbons (Fsp3) is 0.353. The Balaban J connectivity index is 1.53. The Morgan fingerprint density at radius 2 is 0.850 bits per heavy atom. The molecule has 0 amide bonds. The van der Waals surface area contributed by atoms with Gasteiger partial charge in [-0.3, -0.25) is 0 Å². The number of esters is 2. The maximum atomic E-state index is 11.7. The molecule has 1 saturated carbocycles. The van der Waals surface area contributed by atoms with Crippen molar-refractivity contribution in [2.24, 2.45) is 0 Å². The quantitative estimate of drug-likeness (QED) is 0.169. The summed E-state index contributed by atoms with van der Waals surface area (Å²) in [5.74, 6) is 3.42. The molecule has 1 aliphatic carbocycles. The van der Waals surface area contributed by atoms with Gasteiger partial charge in [0.15, 0.2) is 0 Å². The predicted octanol–water partition coefficient (Wildman–Crippen LogP) is 8.63. The second-order valence-corrected chi connectivity index (χ2v) is 10.5. The van der Waals surface area contributed by atoms with E-state index in [4.69, 9.17) is 18.9 Å². The second kappa shape index (κ2) is 13.8. The predicted molar refractivity (Wildman–Crippen MR) is 157 cm³/mol. The molecule has 2 aromatic rings. The summed E-state index contributed by atoms with van der Waals surface area (Å²) in [6.45, 7) is 17.4. The molecule has 40 heavy (non-hydrogen) atoms. The van der Waals surface area contributed by atoms with E-state index in [0.717, 1.165) is 25.7 Å². The average Bonchev–Trinajstić information content (AvgIpc) is 2.93. The molecule has 0 spiro atoms. The van der Waals surface area contributed by atoms with E-state index in [1.54, 1.807) is 41.5 Å². The zero-order chi connectivity index (χ0) is 29.4. The zero-order valence-electron chi connectivity index (χ0n) is 24.5. The smallest absolute Gasteiger partial charge is 0.338 e. The van der Waals surface area contributed by atoms with Crippen molar-refractivity contribution in [3.63, 3.8) is 0 Å². The van der Waals surface area contributed by atoms with Crippen molar-refractivity contribution in [3.05, 3.63) is 107 Å². The number of benzene rings is 2. The summed E-state index contributed by atoms with van der Waals surface area (Å²) in [6, 6.07) is 16.4. The Labute approximate surface area is 238 Å². The van der Waals surface area contributed by atoms with Crippen molar-refractivity contribution < 1.29 is 28.5 Å². The molecule has 6 nitrogen and oxygen atoms in total. The van der Waals surface area contributed by atoms with Gasteiger partial charge >= 0.3 is 11.9 Å². The summed E-state index contributed by atoms with van der Waals surface area (Å²) in [4.78, 5) is 23.5. The molecule has 0 aromatic heterocycles. The van der Waals surface area contributed by atoms with Gasteiger partial charge in [0.2, 0.25) is 0 Å². The van der Waals surface area contributed by atoms with E-state index in [0.29, 0.717) is 57.5 Å². The van der Waals surface area contributed by atoms with Crippen LogP contribution in [-0.2, 0) is 19.1 Å². The number of rotatable bonds is 10. The normalized spacial score (nSPS) is 18.1. The highest BCUT2D eigenvalue weighted by Crippen LogP contribution is 2.41. The number of hydrogen-bond donors (Lipinski definition) is 0. The first kappa shape index (κ1) is 30.5. The van der Waals surface area contributed by atoms with Gasteiger partial charge < -0.3 is 18.9 Å². The van der Waals surface area contributed by atoms with Crippen LogP contribution in [0, 0.1) is 0 Å². The van der Waals surface area contributed by atoms with E-state index in [2.05, 4.69) is 37.4 Å². The topological polar surface area (TPSA) is 71.1 Å². The lowest BCUT2D eigenvalue weighted by atomic mass is 9.76. The highest BCUT2D eigenvalue weighted by molar-refractivity contribution is 5.88. The molecule has 6 heteroatoms. The largest absolute Gasteiger partial charge is 0.459 e. The van der Waals surface area contributed by atoms with Crippen LogP contribution >= 0.6 is 0 Å². The molecule has 0 atom stereocenters. The van der Waals surface area contributed by atoms with E-state index < -0.39 is 11.9 Å². The van der Waals surface area contributed by atoms with Crippen molar-refractivity contribution >= 4 is 11.9 Å². The number of hydrogen-bond acceptors (Lipinski definition) is 6.